The van der Waals surface area contributed by atoms with Gasteiger partial charge in [-0.3, -0.25) is 0 Å². The van der Waals surface area contributed by atoms with Gasteiger partial charge in [-0.1, -0.05) is 18.2 Å². The lowest BCUT2D eigenvalue weighted by molar-refractivity contribution is 0.00578. The Balaban J connectivity index is 2.34. The summed E-state index contributed by atoms with van der Waals surface area (Å²) in [4.78, 5) is 11.3. The minimum Gasteiger partial charge on any atom is -0.478 e. The Hall–Kier alpha value is -1.24. The van der Waals surface area contributed by atoms with Crippen molar-refractivity contribution >= 4 is 31.8 Å². The zero-order chi connectivity index (χ0) is 17.4. The van der Waals surface area contributed by atoms with Gasteiger partial charge >= 0.3 is 13.1 Å². The van der Waals surface area contributed by atoms with Crippen molar-refractivity contribution in [2.45, 2.75) is 45.8 Å². The molecule has 0 aliphatic carbocycles. The zero-order valence-electron chi connectivity index (χ0n) is 14.2. The summed E-state index contributed by atoms with van der Waals surface area (Å²) in [6.07, 6.45) is 1.89. The average Bonchev–Trinajstić information content (AvgIpc) is 2.66. The van der Waals surface area contributed by atoms with E-state index < -0.39 is 24.3 Å². The van der Waals surface area contributed by atoms with E-state index in [0.29, 0.717) is 11.3 Å². The molecule has 6 heteroatoms. The monoisotopic (exact) mass is 334 g/mol. The molecule has 1 aromatic rings. The number of carboxylic acids is 1. The number of benzene rings is 1. The third kappa shape index (κ3) is 3.65. The van der Waals surface area contributed by atoms with Gasteiger partial charge in [-0.15, -0.1) is 0 Å². The molecule has 0 saturated carbocycles. The van der Waals surface area contributed by atoms with Crippen LogP contribution in [0.3, 0.4) is 0 Å². The lowest BCUT2D eigenvalue weighted by Gasteiger charge is -2.32. The minimum atomic E-state index is -0.930. The summed E-state index contributed by atoms with van der Waals surface area (Å²) in [6.45, 7) is 9.77. The number of aryl methyl sites for hydroxylation is 1. The van der Waals surface area contributed by atoms with Crippen molar-refractivity contribution in [1.29, 1.82) is 0 Å². The smallest absolute Gasteiger partial charge is 0.478 e. The Morgan fingerprint density at radius 2 is 1.83 bits per heavy atom. The Kier molecular flexibility index (Phi) is 4.99. The van der Waals surface area contributed by atoms with Crippen LogP contribution in [0.1, 0.15) is 49.2 Å². The molecule has 1 fully saturated rings. The summed E-state index contributed by atoms with van der Waals surface area (Å²) in [5.74, 6) is -0.464. The van der Waals surface area contributed by atoms with Gasteiger partial charge in [-0.2, -0.15) is 12.6 Å². The van der Waals surface area contributed by atoms with Crippen molar-refractivity contribution in [3.8, 4) is 0 Å². The van der Waals surface area contributed by atoms with E-state index in [1.54, 1.807) is 19.1 Å². The van der Waals surface area contributed by atoms with Crippen LogP contribution in [0.25, 0.3) is 6.08 Å². The van der Waals surface area contributed by atoms with Gasteiger partial charge in [0.1, 0.15) is 0 Å². The molecular formula is C17H23BO4S. The molecule has 1 aromatic carbocycles. The van der Waals surface area contributed by atoms with Crippen LogP contribution >= 0.6 is 12.6 Å². The van der Waals surface area contributed by atoms with Gasteiger partial charge in [-0.05, 0) is 57.3 Å². The summed E-state index contributed by atoms with van der Waals surface area (Å²) in [7, 11) is -0.480. The number of hydrogen-bond donors (Lipinski definition) is 2. The number of thiol groups is 1. The van der Waals surface area contributed by atoms with E-state index in [1.807, 2.05) is 39.8 Å². The predicted octanol–water partition coefficient (Wildman–Crippen LogP) is 3.64. The molecule has 1 heterocycles. The zero-order valence-corrected chi connectivity index (χ0v) is 15.1. The lowest BCUT2D eigenvalue weighted by atomic mass is 9.78. The summed E-state index contributed by atoms with van der Waals surface area (Å²) >= 11 is 4.38. The highest BCUT2D eigenvalue weighted by atomic mass is 32.1. The molecule has 0 aromatic heterocycles. The molecule has 23 heavy (non-hydrogen) atoms. The van der Waals surface area contributed by atoms with Gasteiger partial charge in [0.25, 0.3) is 0 Å². The molecule has 2 rings (SSSR count). The molecule has 0 atom stereocenters. The van der Waals surface area contributed by atoms with Gasteiger partial charge in [0.05, 0.1) is 16.8 Å². The lowest BCUT2D eigenvalue weighted by Crippen LogP contribution is -2.41. The van der Waals surface area contributed by atoms with Crippen molar-refractivity contribution in [1.82, 2.24) is 0 Å². The van der Waals surface area contributed by atoms with Crippen molar-refractivity contribution in [3.63, 3.8) is 0 Å². The van der Waals surface area contributed by atoms with E-state index in [2.05, 4.69) is 12.6 Å². The van der Waals surface area contributed by atoms with Crippen molar-refractivity contribution in [3.05, 3.63) is 40.4 Å². The normalized spacial score (nSPS) is 19.9. The Labute approximate surface area is 143 Å². The third-order valence-corrected chi connectivity index (χ3v) is 4.95. The molecule has 0 radical (unpaired) electrons. The number of hydrogen-bond acceptors (Lipinski definition) is 4. The van der Waals surface area contributed by atoms with Crippen LogP contribution in [0.15, 0.2) is 23.7 Å². The highest BCUT2D eigenvalue weighted by Gasteiger charge is 2.52. The quantitative estimate of drug-likeness (QED) is 0.652. The van der Waals surface area contributed by atoms with E-state index >= 15 is 0 Å². The average molecular weight is 334 g/mol. The molecule has 0 unspecified atom stereocenters. The first kappa shape index (κ1) is 18.1. The Morgan fingerprint density at radius 1 is 1.26 bits per heavy atom. The maximum absolute atomic E-state index is 11.3. The SMILES string of the molecule is Cc1ccc(C=C(CS)B2OC(C)(C)C(C)(C)O2)cc1C(=O)O. The fourth-order valence-electron chi connectivity index (χ4n) is 2.36. The Bertz CT molecular complexity index is 636. The van der Waals surface area contributed by atoms with Gasteiger partial charge in [0.15, 0.2) is 0 Å². The molecule has 0 spiro atoms. The Morgan fingerprint density at radius 3 is 2.30 bits per heavy atom. The van der Waals surface area contributed by atoms with Crippen LogP contribution in [0.4, 0.5) is 0 Å². The highest BCUT2D eigenvalue weighted by molar-refractivity contribution is 7.80. The fourth-order valence-corrected chi connectivity index (χ4v) is 2.60. The summed E-state index contributed by atoms with van der Waals surface area (Å²) in [5.41, 5.74) is 1.86. The van der Waals surface area contributed by atoms with E-state index in [4.69, 9.17) is 9.31 Å². The molecule has 0 amide bonds. The van der Waals surface area contributed by atoms with Crippen LogP contribution in [0.2, 0.25) is 0 Å². The molecule has 1 aliphatic rings. The van der Waals surface area contributed by atoms with Gasteiger partial charge in [0.2, 0.25) is 0 Å². The first-order valence-corrected chi connectivity index (χ1v) is 8.21. The molecule has 0 bridgehead atoms. The molecule has 1 saturated heterocycles. The van der Waals surface area contributed by atoms with Gasteiger partial charge < -0.3 is 14.4 Å². The second-order valence-corrected chi connectivity index (χ2v) is 7.16. The summed E-state index contributed by atoms with van der Waals surface area (Å²) in [5, 5.41) is 9.25. The largest absolute Gasteiger partial charge is 0.491 e. The topological polar surface area (TPSA) is 55.8 Å². The maximum Gasteiger partial charge on any atom is 0.491 e. The first-order chi connectivity index (χ1) is 10.6. The van der Waals surface area contributed by atoms with E-state index in [9.17, 15) is 9.90 Å². The second kappa shape index (κ2) is 6.34. The van der Waals surface area contributed by atoms with Crippen LogP contribution < -0.4 is 0 Å². The maximum atomic E-state index is 11.3. The summed E-state index contributed by atoms with van der Waals surface area (Å²) < 4.78 is 12.1. The van der Waals surface area contributed by atoms with E-state index in [-0.39, 0.29) is 0 Å². The number of rotatable bonds is 4. The number of carbonyl (C=O) groups is 1. The van der Waals surface area contributed by atoms with Gasteiger partial charge in [0, 0.05) is 5.75 Å². The van der Waals surface area contributed by atoms with Crippen LogP contribution in [-0.4, -0.2) is 35.1 Å². The number of aromatic carboxylic acids is 1. The highest BCUT2D eigenvalue weighted by Crippen LogP contribution is 2.39. The third-order valence-electron chi connectivity index (χ3n) is 4.58. The molecule has 4 nitrogen and oxygen atoms in total. The molecule has 1 aliphatic heterocycles. The van der Waals surface area contributed by atoms with E-state index in [0.717, 1.165) is 16.6 Å². The summed E-state index contributed by atoms with van der Waals surface area (Å²) in [6, 6.07) is 5.35. The fraction of sp³-hybridized carbons (Fsp3) is 0.471. The predicted molar refractivity (Wildman–Crippen MR) is 96.1 cm³/mol. The molecular weight excluding hydrogens is 311 g/mol. The van der Waals surface area contributed by atoms with Crippen LogP contribution in [0, 0.1) is 6.92 Å². The van der Waals surface area contributed by atoms with Crippen LogP contribution in [-0.2, 0) is 9.31 Å². The van der Waals surface area contributed by atoms with Crippen molar-refractivity contribution in [2.75, 3.05) is 5.75 Å². The van der Waals surface area contributed by atoms with Crippen molar-refractivity contribution < 1.29 is 19.2 Å². The van der Waals surface area contributed by atoms with Crippen LogP contribution in [0.5, 0.6) is 0 Å². The second-order valence-electron chi connectivity index (χ2n) is 6.85. The van der Waals surface area contributed by atoms with Gasteiger partial charge in [-0.25, -0.2) is 4.79 Å². The molecule has 1 N–H and O–H groups in total. The molecule has 124 valence electrons. The minimum absolute atomic E-state index is 0.297. The van der Waals surface area contributed by atoms with Crippen molar-refractivity contribution in [2.24, 2.45) is 0 Å². The number of carboxylic acid groups (broad SMARTS) is 1. The van der Waals surface area contributed by atoms with E-state index in [1.165, 1.54) is 0 Å². The first-order valence-electron chi connectivity index (χ1n) is 7.58. The standard InChI is InChI=1S/C17H23BO4S/c1-11-6-7-12(9-14(11)15(19)20)8-13(10-23)18-21-16(2,3)17(4,5)22-18/h6-9,23H,10H2,1-5H3,(H,19,20).